The normalized spacial score (nSPS) is 21.2. The molecule has 1 aromatic rings. The molecule has 1 aliphatic rings. The number of aliphatic hydroxyl groups excluding tert-OH is 1. The summed E-state index contributed by atoms with van der Waals surface area (Å²) in [7, 11) is 1.18. The van der Waals surface area contributed by atoms with Crippen LogP contribution < -0.4 is 5.32 Å². The summed E-state index contributed by atoms with van der Waals surface area (Å²) < 4.78 is 10.2. The van der Waals surface area contributed by atoms with Crippen LogP contribution in [0.4, 0.5) is 0 Å². The van der Waals surface area contributed by atoms with Crippen molar-refractivity contribution in [1.29, 1.82) is 0 Å². The zero-order valence-electron chi connectivity index (χ0n) is 11.8. The third-order valence-corrected chi connectivity index (χ3v) is 3.26. The summed E-state index contributed by atoms with van der Waals surface area (Å²) in [6, 6.07) is 5.31. The van der Waals surface area contributed by atoms with Crippen LogP contribution in [0, 0.1) is 0 Å². The minimum Gasteiger partial charge on any atom is -0.488 e. The third kappa shape index (κ3) is 2.59. The minimum absolute atomic E-state index is 0.0625. The Bertz CT molecular complexity index is 584. The molecule has 0 saturated carbocycles. The fourth-order valence-corrected chi connectivity index (χ4v) is 2.12. The molecule has 2 rings (SSSR count). The molecule has 1 aliphatic heterocycles. The Morgan fingerprint density at radius 1 is 1.48 bits per heavy atom. The number of amides is 1. The first-order valence-electron chi connectivity index (χ1n) is 6.31. The molecule has 21 heavy (non-hydrogen) atoms. The molecule has 0 aromatic carbocycles. The zero-order chi connectivity index (χ0) is 15.5. The number of pyridine rings is 1. The molecule has 1 aromatic heterocycles. The molecule has 0 radical (unpaired) electrons. The van der Waals surface area contributed by atoms with Gasteiger partial charge in [-0.05, 0) is 19.1 Å². The van der Waals surface area contributed by atoms with E-state index in [0.29, 0.717) is 5.69 Å². The van der Waals surface area contributed by atoms with Crippen LogP contribution in [0.3, 0.4) is 0 Å². The van der Waals surface area contributed by atoms with Gasteiger partial charge in [0.2, 0.25) is 5.54 Å². The molecule has 1 amide bonds. The average Bonchev–Trinajstić information content (AvgIpc) is 2.77. The molecule has 2 N–H and O–H groups in total. The number of rotatable bonds is 5. The highest BCUT2D eigenvalue weighted by Crippen LogP contribution is 2.30. The number of ether oxygens (including phenoxy) is 2. The molecular weight excluding hydrogens is 276 g/mol. The fraction of sp³-hybridized carbons (Fsp3) is 0.357. The lowest BCUT2D eigenvalue weighted by Crippen LogP contribution is -2.55. The van der Waals surface area contributed by atoms with Crippen molar-refractivity contribution in [2.45, 2.75) is 19.1 Å². The van der Waals surface area contributed by atoms with E-state index in [4.69, 9.17) is 4.74 Å². The van der Waals surface area contributed by atoms with Gasteiger partial charge in [-0.1, -0.05) is 6.07 Å². The monoisotopic (exact) mass is 292 g/mol. The van der Waals surface area contributed by atoms with E-state index in [1.807, 2.05) is 0 Å². The van der Waals surface area contributed by atoms with Crippen LogP contribution in [0.5, 0.6) is 0 Å². The van der Waals surface area contributed by atoms with E-state index in [9.17, 15) is 14.7 Å². The lowest BCUT2D eigenvalue weighted by Gasteiger charge is -2.27. The Morgan fingerprint density at radius 3 is 2.81 bits per heavy atom. The maximum atomic E-state index is 12.0. The lowest BCUT2D eigenvalue weighted by molar-refractivity contribution is -0.151. The molecule has 0 bridgehead atoms. The summed E-state index contributed by atoms with van der Waals surface area (Å²) in [6.45, 7) is 0.935. The SMILES string of the molecule is COC(=O)[C@]1(CO)NC(=O)C(C)=C1OCc1ccccn1. The molecule has 0 aliphatic carbocycles. The van der Waals surface area contributed by atoms with Gasteiger partial charge in [-0.3, -0.25) is 9.78 Å². The summed E-state index contributed by atoms with van der Waals surface area (Å²) in [5.74, 6) is -1.20. The van der Waals surface area contributed by atoms with E-state index in [-0.39, 0.29) is 17.9 Å². The highest BCUT2D eigenvalue weighted by atomic mass is 16.5. The predicted molar refractivity (Wildman–Crippen MR) is 71.7 cm³/mol. The number of methoxy groups -OCH3 is 1. The van der Waals surface area contributed by atoms with Crippen molar-refractivity contribution in [3.05, 3.63) is 41.4 Å². The maximum absolute atomic E-state index is 12.0. The van der Waals surface area contributed by atoms with Crippen LogP contribution in [0.2, 0.25) is 0 Å². The van der Waals surface area contributed by atoms with Gasteiger partial charge in [0.15, 0.2) is 0 Å². The molecule has 0 spiro atoms. The van der Waals surface area contributed by atoms with Crippen LogP contribution in [0.15, 0.2) is 35.7 Å². The van der Waals surface area contributed by atoms with Crippen LogP contribution in [-0.4, -0.2) is 41.2 Å². The van der Waals surface area contributed by atoms with E-state index < -0.39 is 24.0 Å². The second kappa shape index (κ2) is 5.92. The molecule has 2 heterocycles. The van der Waals surface area contributed by atoms with Crippen molar-refractivity contribution < 1.29 is 24.2 Å². The van der Waals surface area contributed by atoms with Crippen molar-refractivity contribution in [3.8, 4) is 0 Å². The Balaban J connectivity index is 2.28. The summed E-state index contributed by atoms with van der Waals surface area (Å²) in [6.07, 6.45) is 1.61. The first-order valence-corrected chi connectivity index (χ1v) is 6.31. The fourth-order valence-electron chi connectivity index (χ4n) is 2.12. The Hall–Kier alpha value is -2.41. The number of nitrogens with zero attached hydrogens (tertiary/aromatic N) is 1. The zero-order valence-corrected chi connectivity index (χ0v) is 11.8. The van der Waals surface area contributed by atoms with Gasteiger partial charge in [0.25, 0.3) is 5.91 Å². The summed E-state index contributed by atoms with van der Waals surface area (Å²) in [5.41, 5.74) is -0.829. The summed E-state index contributed by atoms with van der Waals surface area (Å²) in [5, 5.41) is 12.0. The molecule has 1 atom stereocenters. The summed E-state index contributed by atoms with van der Waals surface area (Å²) in [4.78, 5) is 27.9. The molecule has 112 valence electrons. The van der Waals surface area contributed by atoms with Gasteiger partial charge in [-0.25, -0.2) is 4.79 Å². The minimum atomic E-state index is -1.69. The quantitative estimate of drug-likeness (QED) is 0.736. The van der Waals surface area contributed by atoms with Crippen molar-refractivity contribution >= 4 is 11.9 Å². The first-order chi connectivity index (χ1) is 10.0. The van der Waals surface area contributed by atoms with Gasteiger partial charge in [-0.15, -0.1) is 0 Å². The largest absolute Gasteiger partial charge is 0.488 e. The third-order valence-electron chi connectivity index (χ3n) is 3.26. The van der Waals surface area contributed by atoms with Crippen molar-refractivity contribution in [1.82, 2.24) is 10.3 Å². The van der Waals surface area contributed by atoms with Crippen LogP contribution >= 0.6 is 0 Å². The number of aliphatic hydroxyl groups is 1. The standard InChI is InChI=1S/C14H16N2O5/c1-9-11(21-7-10-5-3-4-6-15-10)14(8-17,13(19)20-2)16-12(9)18/h3-6,17H,7-8H2,1-2H3,(H,16,18)/t14-/m1/s1. The number of carbonyl (C=O) groups excluding carboxylic acids is 2. The van der Waals surface area contributed by atoms with Gasteiger partial charge < -0.3 is 19.9 Å². The number of nitrogens with one attached hydrogen (secondary N) is 1. The van der Waals surface area contributed by atoms with Gasteiger partial charge in [0.1, 0.15) is 12.4 Å². The van der Waals surface area contributed by atoms with Crippen molar-refractivity contribution in [2.24, 2.45) is 0 Å². The van der Waals surface area contributed by atoms with Gasteiger partial charge in [0, 0.05) is 6.20 Å². The van der Waals surface area contributed by atoms with Gasteiger partial charge in [-0.2, -0.15) is 0 Å². The van der Waals surface area contributed by atoms with E-state index in [1.165, 1.54) is 14.0 Å². The lowest BCUT2D eigenvalue weighted by atomic mass is 9.99. The first kappa shape index (κ1) is 15.0. The number of hydrogen-bond acceptors (Lipinski definition) is 6. The highest BCUT2D eigenvalue weighted by Gasteiger charge is 2.52. The van der Waals surface area contributed by atoms with Gasteiger partial charge >= 0.3 is 5.97 Å². The molecule has 7 heteroatoms. The Morgan fingerprint density at radius 2 is 2.24 bits per heavy atom. The van der Waals surface area contributed by atoms with E-state index in [0.717, 1.165) is 0 Å². The number of aromatic nitrogens is 1. The van der Waals surface area contributed by atoms with Crippen LogP contribution in [0.25, 0.3) is 0 Å². The van der Waals surface area contributed by atoms with E-state index >= 15 is 0 Å². The van der Waals surface area contributed by atoms with Crippen LogP contribution in [-0.2, 0) is 25.7 Å². The predicted octanol–water partition coefficient (Wildman–Crippen LogP) is -0.0939. The number of esters is 1. The molecular formula is C14H16N2O5. The number of carbonyl (C=O) groups is 2. The topological polar surface area (TPSA) is 97.8 Å². The number of hydrogen-bond donors (Lipinski definition) is 2. The van der Waals surface area contributed by atoms with Crippen molar-refractivity contribution in [3.63, 3.8) is 0 Å². The molecule has 0 fully saturated rings. The average molecular weight is 292 g/mol. The second-order valence-electron chi connectivity index (χ2n) is 4.57. The maximum Gasteiger partial charge on any atom is 0.342 e. The Labute approximate surface area is 121 Å². The second-order valence-corrected chi connectivity index (χ2v) is 4.57. The van der Waals surface area contributed by atoms with E-state index in [2.05, 4.69) is 15.0 Å². The molecule has 0 unspecified atom stereocenters. The van der Waals surface area contributed by atoms with Crippen molar-refractivity contribution in [2.75, 3.05) is 13.7 Å². The smallest absolute Gasteiger partial charge is 0.342 e. The Kier molecular flexibility index (Phi) is 4.23. The van der Waals surface area contributed by atoms with E-state index in [1.54, 1.807) is 24.4 Å². The van der Waals surface area contributed by atoms with Crippen LogP contribution in [0.1, 0.15) is 12.6 Å². The molecule has 7 nitrogen and oxygen atoms in total. The van der Waals surface area contributed by atoms with Gasteiger partial charge in [0.05, 0.1) is 25.0 Å². The highest BCUT2D eigenvalue weighted by molar-refractivity contribution is 6.04. The molecule has 0 saturated heterocycles. The summed E-state index contributed by atoms with van der Waals surface area (Å²) >= 11 is 0.